The molecule has 2 heterocycles. The zero-order valence-corrected chi connectivity index (χ0v) is 11.4. The number of thiophene rings is 1. The van der Waals surface area contributed by atoms with Crippen molar-refractivity contribution >= 4 is 39.0 Å². The van der Waals surface area contributed by atoms with Crippen LogP contribution in [0.2, 0.25) is 5.28 Å². The van der Waals surface area contributed by atoms with E-state index in [0.29, 0.717) is 0 Å². The summed E-state index contributed by atoms with van der Waals surface area (Å²) in [4.78, 5) is 9.34. The first-order chi connectivity index (χ1) is 8.72. The number of anilines is 1. The molecule has 1 aliphatic rings. The Kier molecular flexibility index (Phi) is 3.13. The minimum Gasteiger partial charge on any atom is -0.396 e. The zero-order valence-electron chi connectivity index (χ0n) is 9.82. The van der Waals surface area contributed by atoms with Gasteiger partial charge in [-0.3, -0.25) is 0 Å². The molecule has 1 aliphatic carbocycles. The lowest BCUT2D eigenvalue weighted by atomic mass is 10.0. The molecular formula is C12H14ClN3OS. The van der Waals surface area contributed by atoms with Gasteiger partial charge in [-0.05, 0) is 47.7 Å². The van der Waals surface area contributed by atoms with Crippen LogP contribution in [0.25, 0.3) is 10.2 Å². The molecule has 96 valence electrons. The fourth-order valence-electron chi connectivity index (χ4n) is 2.16. The van der Waals surface area contributed by atoms with E-state index >= 15 is 0 Å². The van der Waals surface area contributed by atoms with E-state index in [1.165, 1.54) is 12.8 Å². The van der Waals surface area contributed by atoms with Gasteiger partial charge in [-0.25, -0.2) is 9.97 Å². The summed E-state index contributed by atoms with van der Waals surface area (Å²) in [6.45, 7) is 1.09. The molecule has 1 fully saturated rings. The van der Waals surface area contributed by atoms with Crippen LogP contribution >= 0.6 is 22.9 Å². The molecule has 0 amide bonds. The Hall–Kier alpha value is -0.910. The highest BCUT2D eigenvalue weighted by Gasteiger charge is 2.41. The number of aliphatic hydroxyl groups is 1. The summed E-state index contributed by atoms with van der Waals surface area (Å²) >= 11 is 7.47. The van der Waals surface area contributed by atoms with Crippen LogP contribution in [0.5, 0.6) is 0 Å². The van der Waals surface area contributed by atoms with Crippen LogP contribution in [0.4, 0.5) is 5.82 Å². The minimum absolute atomic E-state index is 0.250. The van der Waals surface area contributed by atoms with Crippen molar-refractivity contribution in [1.82, 2.24) is 9.97 Å². The monoisotopic (exact) mass is 283 g/mol. The zero-order chi connectivity index (χ0) is 12.6. The number of hydrogen-bond acceptors (Lipinski definition) is 5. The molecule has 2 aromatic rings. The number of aromatic nitrogens is 2. The van der Waals surface area contributed by atoms with E-state index in [1.807, 2.05) is 11.4 Å². The first-order valence-electron chi connectivity index (χ1n) is 5.98. The number of hydrogen-bond donors (Lipinski definition) is 2. The maximum absolute atomic E-state index is 9.05. The van der Waals surface area contributed by atoms with Crippen molar-refractivity contribution in [2.75, 3.05) is 18.5 Å². The highest BCUT2D eigenvalue weighted by Crippen LogP contribution is 2.48. The number of halogens is 1. The summed E-state index contributed by atoms with van der Waals surface area (Å²) in [6.07, 6.45) is 3.20. The van der Waals surface area contributed by atoms with Crippen molar-refractivity contribution in [1.29, 1.82) is 0 Å². The average Bonchev–Trinajstić information content (AvgIpc) is 2.94. The van der Waals surface area contributed by atoms with Gasteiger partial charge in [0.1, 0.15) is 10.6 Å². The summed E-state index contributed by atoms with van der Waals surface area (Å²) in [5.41, 5.74) is 0.258. The smallest absolute Gasteiger partial charge is 0.225 e. The lowest BCUT2D eigenvalue weighted by Gasteiger charge is -2.15. The molecule has 0 spiro atoms. The fourth-order valence-corrected chi connectivity index (χ4v) is 3.15. The van der Waals surface area contributed by atoms with Crippen molar-refractivity contribution in [3.8, 4) is 0 Å². The minimum atomic E-state index is 0.250. The van der Waals surface area contributed by atoms with E-state index in [0.717, 1.165) is 29.0 Å². The highest BCUT2D eigenvalue weighted by molar-refractivity contribution is 7.16. The van der Waals surface area contributed by atoms with Gasteiger partial charge in [0, 0.05) is 13.2 Å². The Labute approximate surface area is 114 Å². The predicted molar refractivity (Wildman–Crippen MR) is 74.3 cm³/mol. The van der Waals surface area contributed by atoms with Crippen molar-refractivity contribution in [3.63, 3.8) is 0 Å². The molecule has 0 atom stereocenters. The van der Waals surface area contributed by atoms with E-state index in [9.17, 15) is 0 Å². The summed E-state index contributed by atoms with van der Waals surface area (Å²) in [5.74, 6) is 0.801. The Morgan fingerprint density at radius 3 is 3.00 bits per heavy atom. The van der Waals surface area contributed by atoms with Crippen LogP contribution in [-0.2, 0) is 0 Å². The molecule has 3 rings (SSSR count). The molecular weight excluding hydrogens is 270 g/mol. The van der Waals surface area contributed by atoms with Gasteiger partial charge in [0.25, 0.3) is 0 Å². The molecule has 0 aromatic carbocycles. The molecule has 2 aromatic heterocycles. The summed E-state index contributed by atoms with van der Waals surface area (Å²) < 4.78 is 0. The van der Waals surface area contributed by atoms with Crippen molar-refractivity contribution in [3.05, 3.63) is 16.7 Å². The normalized spacial score (nSPS) is 17.0. The van der Waals surface area contributed by atoms with Gasteiger partial charge < -0.3 is 10.4 Å². The Morgan fingerprint density at radius 2 is 2.28 bits per heavy atom. The second-order valence-corrected chi connectivity index (χ2v) is 6.04. The Bertz CT molecular complexity index is 567. The maximum atomic E-state index is 9.05. The number of fused-ring (bicyclic) bond motifs is 1. The fraction of sp³-hybridized carbons (Fsp3) is 0.500. The van der Waals surface area contributed by atoms with Crippen LogP contribution in [-0.4, -0.2) is 28.2 Å². The van der Waals surface area contributed by atoms with E-state index in [1.54, 1.807) is 11.3 Å². The molecule has 0 bridgehead atoms. The van der Waals surface area contributed by atoms with Crippen LogP contribution in [0.15, 0.2) is 11.4 Å². The predicted octanol–water partition coefficient (Wildman–Crippen LogP) is 2.92. The van der Waals surface area contributed by atoms with E-state index in [-0.39, 0.29) is 17.3 Å². The van der Waals surface area contributed by atoms with E-state index < -0.39 is 0 Å². The second-order valence-electron chi connectivity index (χ2n) is 4.81. The van der Waals surface area contributed by atoms with Crippen LogP contribution < -0.4 is 5.32 Å². The Balaban J connectivity index is 1.80. The van der Waals surface area contributed by atoms with Gasteiger partial charge >= 0.3 is 0 Å². The third-order valence-corrected chi connectivity index (χ3v) is 4.50. The lowest BCUT2D eigenvalue weighted by molar-refractivity contribution is 0.253. The molecule has 18 heavy (non-hydrogen) atoms. The maximum Gasteiger partial charge on any atom is 0.225 e. The van der Waals surface area contributed by atoms with Gasteiger partial charge in [0.05, 0.1) is 5.39 Å². The second kappa shape index (κ2) is 4.64. The standard InChI is InChI=1S/C12H14ClN3OS/c13-11-15-9(8-1-6-18-10(8)16-11)14-7-12(2-3-12)4-5-17/h1,6,17H,2-5,7H2,(H,14,15,16). The topological polar surface area (TPSA) is 58.0 Å². The van der Waals surface area contributed by atoms with Gasteiger partial charge in [-0.2, -0.15) is 0 Å². The van der Waals surface area contributed by atoms with Crippen LogP contribution in [0, 0.1) is 5.41 Å². The number of nitrogens with one attached hydrogen (secondary N) is 1. The summed E-state index contributed by atoms with van der Waals surface area (Å²) in [7, 11) is 0. The number of rotatable bonds is 5. The molecule has 0 aliphatic heterocycles. The van der Waals surface area contributed by atoms with E-state index in [2.05, 4.69) is 15.3 Å². The van der Waals surface area contributed by atoms with Gasteiger partial charge in [-0.15, -0.1) is 11.3 Å². The first kappa shape index (κ1) is 12.1. The molecule has 2 N–H and O–H groups in total. The molecule has 0 unspecified atom stereocenters. The van der Waals surface area contributed by atoms with Gasteiger partial charge in [0.15, 0.2) is 0 Å². The average molecular weight is 284 g/mol. The third-order valence-electron chi connectivity index (χ3n) is 3.53. The van der Waals surface area contributed by atoms with Crippen molar-refractivity contribution < 1.29 is 5.11 Å². The van der Waals surface area contributed by atoms with E-state index in [4.69, 9.17) is 16.7 Å². The largest absolute Gasteiger partial charge is 0.396 e. The highest BCUT2D eigenvalue weighted by atomic mass is 35.5. The number of nitrogens with zero attached hydrogens (tertiary/aromatic N) is 2. The molecule has 6 heteroatoms. The quantitative estimate of drug-likeness (QED) is 0.829. The molecule has 0 saturated heterocycles. The Morgan fingerprint density at radius 1 is 1.44 bits per heavy atom. The van der Waals surface area contributed by atoms with Crippen molar-refractivity contribution in [2.45, 2.75) is 19.3 Å². The summed E-state index contributed by atoms with van der Waals surface area (Å²) in [5, 5.41) is 15.7. The van der Waals surface area contributed by atoms with Gasteiger partial charge in [-0.1, -0.05) is 0 Å². The van der Waals surface area contributed by atoms with Crippen molar-refractivity contribution in [2.24, 2.45) is 5.41 Å². The first-order valence-corrected chi connectivity index (χ1v) is 7.24. The SMILES string of the molecule is OCCC1(CNc2nc(Cl)nc3sccc23)CC1. The molecule has 0 radical (unpaired) electrons. The summed E-state index contributed by atoms with van der Waals surface area (Å²) in [6, 6.07) is 2.00. The molecule has 4 nitrogen and oxygen atoms in total. The third kappa shape index (κ3) is 2.30. The molecule has 1 saturated carbocycles. The van der Waals surface area contributed by atoms with Crippen LogP contribution in [0.3, 0.4) is 0 Å². The van der Waals surface area contributed by atoms with Gasteiger partial charge in [0.2, 0.25) is 5.28 Å². The number of aliphatic hydroxyl groups excluding tert-OH is 1. The van der Waals surface area contributed by atoms with Crippen LogP contribution in [0.1, 0.15) is 19.3 Å². The lowest BCUT2D eigenvalue weighted by Crippen LogP contribution is -2.17.